The van der Waals surface area contributed by atoms with Gasteiger partial charge in [0.15, 0.2) is 0 Å². The van der Waals surface area contributed by atoms with E-state index in [0.29, 0.717) is 5.57 Å². The monoisotopic (exact) mass is 442 g/mol. The van der Waals surface area contributed by atoms with Gasteiger partial charge in [-0.3, -0.25) is 9.59 Å². The Balaban J connectivity index is 1.63. The van der Waals surface area contributed by atoms with Crippen LogP contribution in [0.5, 0.6) is 0 Å². The summed E-state index contributed by atoms with van der Waals surface area (Å²) in [5.74, 6) is 0. The van der Waals surface area contributed by atoms with E-state index in [0.717, 1.165) is 32.0 Å². The van der Waals surface area contributed by atoms with E-state index in [1.54, 1.807) is 6.92 Å². The maximum absolute atomic E-state index is 11.7. The molecule has 0 spiro atoms. The van der Waals surface area contributed by atoms with Gasteiger partial charge in [0.2, 0.25) is 10.2 Å². The molecule has 3 rings (SSSR count). The van der Waals surface area contributed by atoms with Crippen LogP contribution < -0.4 is 0 Å². The second-order valence-corrected chi connectivity index (χ2v) is 8.97. The molecule has 0 saturated heterocycles. The van der Waals surface area contributed by atoms with Crippen molar-refractivity contribution in [3.8, 4) is 11.1 Å². The van der Waals surface area contributed by atoms with E-state index < -0.39 is 0 Å². The van der Waals surface area contributed by atoms with E-state index in [4.69, 9.17) is 0 Å². The first-order valence-corrected chi connectivity index (χ1v) is 11.3. The standard InChI is InChI=1S/C27H22O2S2/c1-4-26(28)30-24-17-13-23(14-18-24)22-11-7-20(8-12-22)5-6-21-9-15-25(16-10-21)31-27(29)19(2)3/h4-18H,1-2H2,3H3/b6-5+. The summed E-state index contributed by atoms with van der Waals surface area (Å²) < 4.78 is 0. The number of thioether (sulfide) groups is 2. The zero-order valence-corrected chi connectivity index (χ0v) is 18.8. The van der Waals surface area contributed by atoms with Crippen LogP contribution in [0.3, 0.4) is 0 Å². The van der Waals surface area contributed by atoms with Gasteiger partial charge in [0.05, 0.1) is 0 Å². The lowest BCUT2D eigenvalue weighted by Gasteiger charge is -2.04. The third kappa shape index (κ3) is 6.71. The molecule has 154 valence electrons. The van der Waals surface area contributed by atoms with Gasteiger partial charge < -0.3 is 0 Å². The maximum atomic E-state index is 11.7. The molecule has 3 aromatic carbocycles. The average Bonchev–Trinajstić information content (AvgIpc) is 2.79. The molecule has 2 nitrogen and oxygen atoms in total. The first-order valence-electron chi connectivity index (χ1n) is 9.65. The van der Waals surface area contributed by atoms with Gasteiger partial charge in [0.1, 0.15) is 0 Å². The predicted molar refractivity (Wildman–Crippen MR) is 134 cm³/mol. The number of hydrogen-bond acceptors (Lipinski definition) is 4. The van der Waals surface area contributed by atoms with Crippen LogP contribution in [0, 0.1) is 0 Å². The molecule has 0 atom stereocenters. The van der Waals surface area contributed by atoms with Crippen molar-refractivity contribution >= 4 is 45.9 Å². The van der Waals surface area contributed by atoms with Crippen molar-refractivity contribution < 1.29 is 9.59 Å². The van der Waals surface area contributed by atoms with Crippen molar-refractivity contribution in [3.63, 3.8) is 0 Å². The van der Waals surface area contributed by atoms with Crippen molar-refractivity contribution in [1.29, 1.82) is 0 Å². The second kappa shape index (κ2) is 10.8. The fraction of sp³-hybridized carbons (Fsp3) is 0.0370. The van der Waals surface area contributed by atoms with Crippen molar-refractivity contribution in [1.82, 2.24) is 0 Å². The number of hydrogen-bond donors (Lipinski definition) is 0. The highest BCUT2D eigenvalue weighted by Gasteiger charge is 2.05. The highest BCUT2D eigenvalue weighted by atomic mass is 32.2. The molecular formula is C27H22O2S2. The molecule has 31 heavy (non-hydrogen) atoms. The average molecular weight is 443 g/mol. The van der Waals surface area contributed by atoms with Crippen molar-refractivity contribution in [3.05, 3.63) is 109 Å². The molecule has 0 saturated carbocycles. The largest absolute Gasteiger partial charge is 0.282 e. The topological polar surface area (TPSA) is 34.1 Å². The van der Waals surface area contributed by atoms with Crippen LogP contribution in [0.2, 0.25) is 0 Å². The van der Waals surface area contributed by atoms with E-state index in [2.05, 4.69) is 43.5 Å². The minimum absolute atomic E-state index is 0.0120. The van der Waals surface area contributed by atoms with Crippen LogP contribution in [0.1, 0.15) is 18.1 Å². The van der Waals surface area contributed by atoms with Crippen LogP contribution in [-0.4, -0.2) is 10.2 Å². The van der Waals surface area contributed by atoms with Crippen LogP contribution in [-0.2, 0) is 9.59 Å². The highest BCUT2D eigenvalue weighted by molar-refractivity contribution is 8.14. The smallest absolute Gasteiger partial charge is 0.219 e. The second-order valence-electron chi connectivity index (χ2n) is 6.84. The molecule has 0 bridgehead atoms. The molecule has 0 aromatic heterocycles. The molecule has 0 radical (unpaired) electrons. The fourth-order valence-electron chi connectivity index (χ4n) is 2.69. The predicted octanol–water partition coefficient (Wildman–Crippen LogP) is 7.52. The molecule has 0 aliphatic rings. The number of benzene rings is 3. The van der Waals surface area contributed by atoms with Crippen LogP contribution in [0.4, 0.5) is 0 Å². The van der Waals surface area contributed by atoms with Crippen molar-refractivity contribution in [2.24, 2.45) is 0 Å². The van der Waals surface area contributed by atoms with Crippen LogP contribution in [0.15, 0.2) is 107 Å². The van der Waals surface area contributed by atoms with Gasteiger partial charge in [0.25, 0.3) is 0 Å². The molecule has 0 aliphatic carbocycles. The lowest BCUT2D eigenvalue weighted by Crippen LogP contribution is -1.90. The fourth-order valence-corrected chi connectivity index (χ4v) is 3.94. The minimum Gasteiger partial charge on any atom is -0.282 e. The quantitative estimate of drug-likeness (QED) is 0.215. The summed E-state index contributed by atoms with van der Waals surface area (Å²) in [6, 6.07) is 24.1. The van der Waals surface area contributed by atoms with E-state index in [1.807, 2.05) is 54.6 Å². The molecule has 0 heterocycles. The lowest BCUT2D eigenvalue weighted by atomic mass is 10.0. The van der Waals surface area contributed by atoms with Crippen LogP contribution in [0.25, 0.3) is 23.3 Å². The molecule has 4 heteroatoms. The summed E-state index contributed by atoms with van der Waals surface area (Å²) in [5, 5.41) is -0.0698. The molecular weight excluding hydrogens is 420 g/mol. The Bertz CT molecular complexity index is 1120. The van der Waals surface area contributed by atoms with Gasteiger partial charge >= 0.3 is 0 Å². The first kappa shape index (κ1) is 22.6. The summed E-state index contributed by atoms with van der Waals surface area (Å²) in [4.78, 5) is 25.0. The van der Waals surface area contributed by atoms with Gasteiger partial charge in [0, 0.05) is 9.79 Å². The number of rotatable bonds is 7. The van der Waals surface area contributed by atoms with Crippen molar-refractivity contribution in [2.45, 2.75) is 16.7 Å². The first-order chi connectivity index (χ1) is 14.9. The number of carbonyl (C=O) groups is 2. The SMILES string of the molecule is C=CC(=O)Sc1ccc(-c2ccc(/C=C/c3ccc(SC(=O)C(=C)C)cc3)cc2)cc1. The van der Waals surface area contributed by atoms with E-state index >= 15 is 0 Å². The summed E-state index contributed by atoms with van der Waals surface area (Å²) in [6.45, 7) is 8.89. The lowest BCUT2D eigenvalue weighted by molar-refractivity contribution is -0.108. The third-order valence-electron chi connectivity index (χ3n) is 4.39. The number of carbonyl (C=O) groups excluding carboxylic acids is 2. The van der Waals surface area contributed by atoms with Gasteiger partial charge in [-0.2, -0.15) is 0 Å². The van der Waals surface area contributed by atoms with Gasteiger partial charge in [-0.05, 0) is 88.6 Å². The van der Waals surface area contributed by atoms with Gasteiger partial charge in [-0.15, -0.1) is 0 Å². The molecule has 3 aromatic rings. The van der Waals surface area contributed by atoms with E-state index in [1.165, 1.54) is 29.6 Å². The highest BCUT2D eigenvalue weighted by Crippen LogP contribution is 2.26. The van der Waals surface area contributed by atoms with E-state index in [-0.39, 0.29) is 10.2 Å². The van der Waals surface area contributed by atoms with Crippen LogP contribution >= 0.6 is 23.5 Å². The Kier molecular flexibility index (Phi) is 7.88. The Labute approximate surface area is 191 Å². The molecule has 0 amide bonds. The third-order valence-corrected chi connectivity index (χ3v) is 6.31. The maximum Gasteiger partial charge on any atom is 0.219 e. The Hall–Kier alpha value is -3.08. The molecule has 0 fully saturated rings. The van der Waals surface area contributed by atoms with Gasteiger partial charge in [-0.1, -0.05) is 73.8 Å². The summed E-state index contributed by atoms with van der Waals surface area (Å²) in [7, 11) is 0. The zero-order chi connectivity index (χ0) is 22.2. The zero-order valence-electron chi connectivity index (χ0n) is 17.2. The molecule has 0 aliphatic heterocycles. The summed E-state index contributed by atoms with van der Waals surface area (Å²) in [5.41, 5.74) is 4.94. The van der Waals surface area contributed by atoms with Gasteiger partial charge in [-0.25, -0.2) is 0 Å². The Morgan fingerprint density at radius 1 is 0.710 bits per heavy atom. The van der Waals surface area contributed by atoms with E-state index in [9.17, 15) is 9.59 Å². The Morgan fingerprint density at radius 2 is 1.13 bits per heavy atom. The minimum atomic E-state index is -0.0577. The summed E-state index contributed by atoms with van der Waals surface area (Å²) in [6.07, 6.45) is 5.43. The normalized spacial score (nSPS) is 10.7. The van der Waals surface area contributed by atoms with Crippen molar-refractivity contribution in [2.75, 3.05) is 0 Å². The Morgan fingerprint density at radius 3 is 1.61 bits per heavy atom. The summed E-state index contributed by atoms with van der Waals surface area (Å²) >= 11 is 2.37. The molecule has 0 N–H and O–H groups in total. The molecule has 0 unspecified atom stereocenters.